The van der Waals surface area contributed by atoms with Crippen LogP contribution in [0.3, 0.4) is 0 Å². The number of aryl methyl sites for hydroxylation is 3. The Hall–Kier alpha value is -2.36. The van der Waals surface area contributed by atoms with Gasteiger partial charge in [-0.3, -0.25) is 0 Å². The molecule has 0 fully saturated rings. The van der Waals surface area contributed by atoms with Crippen molar-refractivity contribution in [2.75, 3.05) is 7.05 Å². The molecule has 164 valence electrons. The normalized spacial score (nSPS) is 12.4. The minimum absolute atomic E-state index is 0.462. The van der Waals surface area contributed by atoms with Crippen LogP contribution in [0.4, 0.5) is 0 Å². The minimum Gasteiger partial charge on any atom is -0.387 e. The van der Waals surface area contributed by atoms with Crippen molar-refractivity contribution in [1.29, 1.82) is 0 Å². The standard InChI is InChI=1S/C26H40N4/c1-9-26(6,7)15-13-11-12-14-16-30-23-18-20(4)19(3)17-22(23)29-24(21(5)27-8)25(30)28-10-2/h10,17-18,27H,2,5,9,11-16H2,1,3-4,6-8H3. The molecule has 4 nitrogen and oxygen atoms in total. The molecule has 1 aromatic heterocycles. The molecule has 0 bridgehead atoms. The first-order valence-electron chi connectivity index (χ1n) is 11.3. The highest BCUT2D eigenvalue weighted by atomic mass is 15.1. The molecule has 2 rings (SSSR count). The summed E-state index contributed by atoms with van der Waals surface area (Å²) in [5.41, 5.74) is 7.47. The summed E-state index contributed by atoms with van der Waals surface area (Å²) < 4.78 is 2.30. The van der Waals surface area contributed by atoms with Crippen LogP contribution in [0.1, 0.15) is 76.1 Å². The second-order valence-electron chi connectivity index (χ2n) is 9.08. The molecule has 0 atom stereocenters. The maximum atomic E-state index is 4.90. The molecule has 0 saturated carbocycles. The Bertz CT molecular complexity index is 963. The van der Waals surface area contributed by atoms with E-state index in [0.717, 1.165) is 40.9 Å². The first-order chi connectivity index (χ1) is 14.2. The number of hydrogen-bond donors (Lipinski definition) is 1. The quantitative estimate of drug-likeness (QED) is 0.445. The van der Waals surface area contributed by atoms with Gasteiger partial charge in [0.05, 0.1) is 16.7 Å². The third-order valence-electron chi connectivity index (χ3n) is 6.32. The largest absolute Gasteiger partial charge is 0.387 e. The van der Waals surface area contributed by atoms with E-state index in [0.29, 0.717) is 5.41 Å². The van der Waals surface area contributed by atoms with Gasteiger partial charge >= 0.3 is 0 Å². The lowest BCUT2D eigenvalue weighted by atomic mass is 9.84. The van der Waals surface area contributed by atoms with Crippen LogP contribution in [0.25, 0.3) is 16.7 Å². The van der Waals surface area contributed by atoms with Gasteiger partial charge in [-0.15, -0.1) is 0 Å². The Balaban J connectivity index is 2.35. The molecule has 0 spiro atoms. The summed E-state index contributed by atoms with van der Waals surface area (Å²) in [5.74, 6) is 0. The molecule has 0 amide bonds. The van der Waals surface area contributed by atoms with Crippen molar-refractivity contribution >= 4 is 16.7 Å². The van der Waals surface area contributed by atoms with Gasteiger partial charge in [0.1, 0.15) is 5.69 Å². The summed E-state index contributed by atoms with van der Waals surface area (Å²) in [6, 6.07) is 4.40. The first kappa shape index (κ1) is 23.9. The number of nitrogens with one attached hydrogen (secondary N) is 1. The monoisotopic (exact) mass is 408 g/mol. The lowest BCUT2D eigenvalue weighted by Gasteiger charge is -2.22. The molecule has 1 N–H and O–H groups in total. The molecule has 30 heavy (non-hydrogen) atoms. The van der Waals surface area contributed by atoms with E-state index in [2.05, 4.69) is 74.8 Å². The molecule has 0 unspecified atom stereocenters. The number of unbranched alkanes of at least 4 members (excludes halogenated alkanes) is 3. The smallest absolute Gasteiger partial charge is 0.161 e. The molecule has 1 aromatic carbocycles. The van der Waals surface area contributed by atoms with Crippen molar-refractivity contribution in [3.05, 3.63) is 53.8 Å². The van der Waals surface area contributed by atoms with Gasteiger partial charge in [0.25, 0.3) is 0 Å². The van der Waals surface area contributed by atoms with E-state index in [4.69, 9.17) is 4.98 Å². The van der Waals surface area contributed by atoms with Crippen molar-refractivity contribution in [2.24, 2.45) is 10.4 Å². The Labute approximate surface area is 182 Å². The zero-order valence-corrected chi connectivity index (χ0v) is 19.9. The van der Waals surface area contributed by atoms with Crippen molar-refractivity contribution < 1.29 is 0 Å². The van der Waals surface area contributed by atoms with E-state index in [1.165, 1.54) is 43.2 Å². The summed E-state index contributed by atoms with van der Waals surface area (Å²) >= 11 is 0. The van der Waals surface area contributed by atoms with Crippen LogP contribution in [0.5, 0.6) is 0 Å². The number of benzene rings is 1. The van der Waals surface area contributed by atoms with E-state index in [-0.39, 0.29) is 0 Å². The molecular weight excluding hydrogens is 368 g/mol. The highest BCUT2D eigenvalue weighted by Crippen LogP contribution is 2.27. The number of hydrogen-bond acceptors (Lipinski definition) is 3. The average molecular weight is 409 g/mol. The van der Waals surface area contributed by atoms with Gasteiger partial charge in [0.15, 0.2) is 5.49 Å². The molecule has 0 aliphatic rings. The number of nitrogens with zero attached hydrogens (tertiary/aromatic N) is 3. The van der Waals surface area contributed by atoms with Crippen molar-refractivity contribution in [1.82, 2.24) is 14.9 Å². The maximum absolute atomic E-state index is 4.90. The molecule has 0 saturated heterocycles. The predicted molar refractivity (Wildman–Crippen MR) is 130 cm³/mol. The summed E-state index contributed by atoms with van der Waals surface area (Å²) in [6.07, 6.45) is 9.05. The van der Waals surface area contributed by atoms with E-state index in [9.17, 15) is 0 Å². The molecule has 0 aliphatic heterocycles. The van der Waals surface area contributed by atoms with Crippen molar-refractivity contribution in [2.45, 2.75) is 79.7 Å². The maximum Gasteiger partial charge on any atom is 0.161 e. The predicted octanol–water partition coefficient (Wildman–Crippen LogP) is 6.27. The Morgan fingerprint density at radius 3 is 2.47 bits per heavy atom. The van der Waals surface area contributed by atoms with Gasteiger partial charge in [-0.1, -0.05) is 59.6 Å². The first-order valence-corrected chi connectivity index (χ1v) is 11.3. The Kier molecular flexibility index (Phi) is 8.45. The second kappa shape index (κ2) is 10.6. The van der Waals surface area contributed by atoms with Crippen LogP contribution >= 0.6 is 0 Å². The van der Waals surface area contributed by atoms with Crippen LogP contribution in [0.15, 0.2) is 36.5 Å². The third kappa shape index (κ3) is 5.84. The lowest BCUT2D eigenvalue weighted by Crippen LogP contribution is -2.29. The Morgan fingerprint density at radius 1 is 1.17 bits per heavy atom. The molecule has 4 heteroatoms. The molecule has 2 aromatic rings. The third-order valence-corrected chi connectivity index (χ3v) is 6.32. The van der Waals surface area contributed by atoms with E-state index in [1.807, 2.05) is 7.05 Å². The summed E-state index contributed by atoms with van der Waals surface area (Å²) in [6.45, 7) is 20.2. The van der Waals surface area contributed by atoms with Gasteiger partial charge in [0, 0.05) is 19.8 Å². The topological polar surface area (TPSA) is 42.2 Å². The fourth-order valence-corrected chi connectivity index (χ4v) is 3.67. The molecule has 0 radical (unpaired) electrons. The number of fused-ring (bicyclic) bond motifs is 1. The fraction of sp³-hybridized carbons (Fsp3) is 0.538. The van der Waals surface area contributed by atoms with Gasteiger partial charge in [0.2, 0.25) is 0 Å². The lowest BCUT2D eigenvalue weighted by molar-refractivity contribution is 0.307. The van der Waals surface area contributed by atoms with Gasteiger partial charge in [-0.05, 0) is 55.4 Å². The SMILES string of the molecule is C=CN=c1c(C(=C)NC)nc2cc(C)c(C)cc2n1CCCCCCC(C)(C)CC. The van der Waals surface area contributed by atoms with Gasteiger partial charge in [-0.25, -0.2) is 9.98 Å². The van der Waals surface area contributed by atoms with Crippen molar-refractivity contribution in [3.63, 3.8) is 0 Å². The summed E-state index contributed by atoms with van der Waals surface area (Å²) in [7, 11) is 1.87. The number of rotatable bonds is 11. The summed E-state index contributed by atoms with van der Waals surface area (Å²) in [5, 5.41) is 3.14. The van der Waals surface area contributed by atoms with E-state index >= 15 is 0 Å². The van der Waals surface area contributed by atoms with Gasteiger partial charge < -0.3 is 9.88 Å². The summed E-state index contributed by atoms with van der Waals surface area (Å²) in [4.78, 5) is 9.50. The van der Waals surface area contributed by atoms with Crippen molar-refractivity contribution in [3.8, 4) is 0 Å². The average Bonchev–Trinajstić information content (AvgIpc) is 2.72. The van der Waals surface area contributed by atoms with E-state index in [1.54, 1.807) is 6.20 Å². The fourth-order valence-electron chi connectivity index (χ4n) is 3.67. The minimum atomic E-state index is 0.462. The second-order valence-corrected chi connectivity index (χ2v) is 9.08. The number of aromatic nitrogens is 2. The molecule has 1 heterocycles. The van der Waals surface area contributed by atoms with Crippen LogP contribution in [0.2, 0.25) is 0 Å². The Morgan fingerprint density at radius 2 is 1.83 bits per heavy atom. The highest BCUT2D eigenvalue weighted by molar-refractivity contribution is 5.78. The molecular formula is C26H40N4. The van der Waals surface area contributed by atoms with E-state index < -0.39 is 0 Å². The van der Waals surface area contributed by atoms with Crippen LogP contribution in [-0.4, -0.2) is 16.6 Å². The zero-order valence-electron chi connectivity index (χ0n) is 19.9. The zero-order chi connectivity index (χ0) is 22.3. The molecule has 0 aliphatic carbocycles. The van der Waals surface area contributed by atoms with Crippen LogP contribution in [-0.2, 0) is 6.54 Å². The van der Waals surface area contributed by atoms with Crippen LogP contribution < -0.4 is 10.8 Å². The van der Waals surface area contributed by atoms with Crippen LogP contribution in [0, 0.1) is 19.3 Å². The van der Waals surface area contributed by atoms with Gasteiger partial charge in [-0.2, -0.15) is 0 Å². The highest BCUT2D eigenvalue weighted by Gasteiger charge is 2.15.